The molecule has 1 atom stereocenters. The van der Waals surface area contributed by atoms with E-state index in [-0.39, 0.29) is 18.8 Å². The van der Waals surface area contributed by atoms with Crippen molar-refractivity contribution < 1.29 is 19.1 Å². The molecule has 4 nitrogen and oxygen atoms in total. The molecule has 0 aliphatic carbocycles. The van der Waals surface area contributed by atoms with Gasteiger partial charge in [-0.1, -0.05) is 6.58 Å². The van der Waals surface area contributed by atoms with E-state index in [9.17, 15) is 9.59 Å². The second-order valence-corrected chi connectivity index (χ2v) is 2.18. The second-order valence-electron chi connectivity index (χ2n) is 2.18. The first kappa shape index (κ1) is 7.78. The summed E-state index contributed by atoms with van der Waals surface area (Å²) in [5, 5.41) is 0. The summed E-state index contributed by atoms with van der Waals surface area (Å²) in [6.45, 7) is 3.46. The van der Waals surface area contributed by atoms with Crippen LogP contribution in [0.25, 0.3) is 0 Å². The van der Waals surface area contributed by atoms with Gasteiger partial charge in [0.1, 0.15) is 12.7 Å². The van der Waals surface area contributed by atoms with Crippen molar-refractivity contribution in [3.8, 4) is 0 Å². The van der Waals surface area contributed by atoms with Crippen LogP contribution < -0.4 is 0 Å². The first-order valence-corrected chi connectivity index (χ1v) is 3.21. The number of ether oxygens (including phenoxy) is 2. The quantitative estimate of drug-likeness (QED) is 0.445. The summed E-state index contributed by atoms with van der Waals surface area (Å²) in [5.74, 6) is -0.145. The van der Waals surface area contributed by atoms with Gasteiger partial charge in [0.05, 0.1) is 6.42 Å². The number of hydrogen-bond donors (Lipinski definition) is 0. The molecule has 60 valence electrons. The van der Waals surface area contributed by atoms with Crippen LogP contribution >= 0.6 is 0 Å². The van der Waals surface area contributed by atoms with Crippen molar-refractivity contribution in [2.75, 3.05) is 6.61 Å². The molecule has 0 saturated carbocycles. The zero-order chi connectivity index (χ0) is 8.27. The van der Waals surface area contributed by atoms with E-state index in [0.29, 0.717) is 0 Å². The molecule has 11 heavy (non-hydrogen) atoms. The lowest BCUT2D eigenvalue weighted by atomic mass is 10.2. The van der Waals surface area contributed by atoms with Gasteiger partial charge in [0, 0.05) is 0 Å². The molecule has 1 aliphatic rings. The van der Waals surface area contributed by atoms with Gasteiger partial charge in [0.2, 0.25) is 0 Å². The minimum Gasteiger partial charge on any atom is -0.430 e. The Bertz CT molecular complexity index is 197. The molecule has 0 aromatic rings. The van der Waals surface area contributed by atoms with Crippen LogP contribution in [-0.2, 0) is 14.3 Å². The Morgan fingerprint density at radius 2 is 2.55 bits per heavy atom. The van der Waals surface area contributed by atoms with Crippen LogP contribution in [0.2, 0.25) is 0 Å². The fraction of sp³-hybridized carbons (Fsp3) is 0.429. The average molecular weight is 156 g/mol. The highest BCUT2D eigenvalue weighted by Gasteiger charge is 2.26. The predicted octanol–water partition coefficient (Wildman–Crippen LogP) is 0.667. The molecular formula is C7H8O4. The van der Waals surface area contributed by atoms with Gasteiger partial charge >= 0.3 is 6.16 Å². The summed E-state index contributed by atoms with van der Waals surface area (Å²) in [6.07, 6.45) is 0.237. The topological polar surface area (TPSA) is 52.6 Å². The molecule has 0 N–H and O–H groups in total. The third-order valence-electron chi connectivity index (χ3n) is 1.31. The molecule has 0 radical (unpaired) electrons. The number of carbonyl (C=O) groups excluding carboxylic acids is 2. The van der Waals surface area contributed by atoms with Crippen LogP contribution in [-0.4, -0.2) is 24.6 Å². The van der Waals surface area contributed by atoms with E-state index in [1.807, 2.05) is 0 Å². The van der Waals surface area contributed by atoms with Crippen molar-refractivity contribution in [1.29, 1.82) is 0 Å². The molecule has 1 aliphatic heterocycles. The summed E-state index contributed by atoms with van der Waals surface area (Å²) in [5.41, 5.74) is 0. The van der Waals surface area contributed by atoms with Crippen molar-refractivity contribution >= 4 is 11.9 Å². The zero-order valence-corrected chi connectivity index (χ0v) is 5.91. The van der Waals surface area contributed by atoms with Crippen LogP contribution in [0.15, 0.2) is 12.7 Å². The van der Waals surface area contributed by atoms with Crippen molar-refractivity contribution in [2.45, 2.75) is 12.5 Å². The van der Waals surface area contributed by atoms with Gasteiger partial charge in [0.15, 0.2) is 5.78 Å². The summed E-state index contributed by atoms with van der Waals surface area (Å²) in [7, 11) is 0. The SMILES string of the molecule is C=CC(=O)CC1COC(=O)O1. The Morgan fingerprint density at radius 1 is 1.82 bits per heavy atom. The normalized spacial score (nSPS) is 22.2. The summed E-state index contributed by atoms with van der Waals surface area (Å²) >= 11 is 0. The van der Waals surface area contributed by atoms with Gasteiger partial charge in [-0.15, -0.1) is 0 Å². The number of allylic oxidation sites excluding steroid dienone is 1. The Hall–Kier alpha value is -1.32. The van der Waals surface area contributed by atoms with Gasteiger partial charge in [-0.05, 0) is 6.08 Å². The van der Waals surface area contributed by atoms with Crippen molar-refractivity contribution in [2.24, 2.45) is 0 Å². The van der Waals surface area contributed by atoms with Gasteiger partial charge in [0.25, 0.3) is 0 Å². The maximum atomic E-state index is 10.7. The highest BCUT2D eigenvalue weighted by Crippen LogP contribution is 2.09. The highest BCUT2D eigenvalue weighted by atomic mass is 16.8. The second kappa shape index (κ2) is 3.18. The monoisotopic (exact) mass is 156 g/mol. The van der Waals surface area contributed by atoms with E-state index < -0.39 is 12.3 Å². The van der Waals surface area contributed by atoms with Crippen LogP contribution in [0, 0.1) is 0 Å². The van der Waals surface area contributed by atoms with Crippen LogP contribution in [0.4, 0.5) is 4.79 Å². The summed E-state index contributed by atoms with van der Waals surface area (Å²) in [4.78, 5) is 21.1. The number of carbonyl (C=O) groups is 2. The number of rotatable bonds is 3. The molecule has 4 heteroatoms. The standard InChI is InChI=1S/C7H8O4/c1-2-5(8)3-6-4-10-7(9)11-6/h2,6H,1,3-4H2. The molecule has 1 unspecified atom stereocenters. The van der Waals surface area contributed by atoms with Crippen molar-refractivity contribution in [3.05, 3.63) is 12.7 Å². The lowest BCUT2D eigenvalue weighted by molar-refractivity contribution is -0.116. The van der Waals surface area contributed by atoms with E-state index in [4.69, 9.17) is 0 Å². The fourth-order valence-electron chi connectivity index (χ4n) is 0.773. The van der Waals surface area contributed by atoms with Crippen LogP contribution in [0.3, 0.4) is 0 Å². The average Bonchev–Trinajstić information content (AvgIpc) is 2.35. The number of hydrogen-bond acceptors (Lipinski definition) is 4. The Labute approximate surface area is 63.8 Å². The third-order valence-corrected chi connectivity index (χ3v) is 1.31. The first-order valence-electron chi connectivity index (χ1n) is 3.21. The first-order chi connectivity index (χ1) is 5.22. The molecule has 1 heterocycles. The van der Waals surface area contributed by atoms with Gasteiger partial charge in [-0.2, -0.15) is 0 Å². The molecule has 1 saturated heterocycles. The maximum Gasteiger partial charge on any atom is 0.508 e. The van der Waals surface area contributed by atoms with E-state index in [1.165, 1.54) is 6.08 Å². The van der Waals surface area contributed by atoms with Crippen LogP contribution in [0.1, 0.15) is 6.42 Å². The number of cyclic esters (lactones) is 2. The Kier molecular flexibility index (Phi) is 2.25. The molecule has 0 bridgehead atoms. The highest BCUT2D eigenvalue weighted by molar-refractivity contribution is 5.89. The zero-order valence-electron chi connectivity index (χ0n) is 5.91. The minimum atomic E-state index is -0.702. The third kappa shape index (κ3) is 2.07. The largest absolute Gasteiger partial charge is 0.508 e. The molecular weight excluding hydrogens is 148 g/mol. The maximum absolute atomic E-state index is 10.7. The lowest BCUT2D eigenvalue weighted by Gasteiger charge is -2.00. The van der Waals surface area contributed by atoms with Crippen LogP contribution in [0.5, 0.6) is 0 Å². The number of ketones is 1. The van der Waals surface area contributed by atoms with Gasteiger partial charge < -0.3 is 9.47 Å². The summed E-state index contributed by atoms with van der Waals surface area (Å²) in [6, 6.07) is 0. The fourth-order valence-corrected chi connectivity index (χ4v) is 0.773. The molecule has 1 rings (SSSR count). The molecule has 0 aromatic carbocycles. The minimum absolute atomic E-state index is 0.145. The molecule has 0 spiro atoms. The lowest BCUT2D eigenvalue weighted by Crippen LogP contribution is -2.14. The van der Waals surface area contributed by atoms with E-state index >= 15 is 0 Å². The molecule has 0 amide bonds. The van der Waals surface area contributed by atoms with Crippen molar-refractivity contribution in [3.63, 3.8) is 0 Å². The van der Waals surface area contributed by atoms with Gasteiger partial charge in [-0.25, -0.2) is 4.79 Å². The molecule has 1 fully saturated rings. The van der Waals surface area contributed by atoms with E-state index in [1.54, 1.807) is 0 Å². The van der Waals surface area contributed by atoms with E-state index in [2.05, 4.69) is 16.1 Å². The predicted molar refractivity (Wildman–Crippen MR) is 36.0 cm³/mol. The molecule has 0 aromatic heterocycles. The Balaban J connectivity index is 2.33. The van der Waals surface area contributed by atoms with E-state index in [0.717, 1.165) is 0 Å². The smallest absolute Gasteiger partial charge is 0.430 e. The Morgan fingerprint density at radius 3 is 3.00 bits per heavy atom. The summed E-state index contributed by atoms with van der Waals surface area (Å²) < 4.78 is 9.07. The van der Waals surface area contributed by atoms with Gasteiger partial charge in [-0.3, -0.25) is 4.79 Å². The van der Waals surface area contributed by atoms with Crippen molar-refractivity contribution in [1.82, 2.24) is 0 Å².